The van der Waals surface area contributed by atoms with Crippen molar-refractivity contribution in [2.24, 2.45) is 5.92 Å². The Labute approximate surface area is 70.1 Å². The van der Waals surface area contributed by atoms with Crippen LogP contribution in [0.1, 0.15) is 27.2 Å². The van der Waals surface area contributed by atoms with Crippen LogP contribution in [0.4, 0.5) is 0 Å². The lowest BCUT2D eigenvalue weighted by Crippen LogP contribution is -2.30. The van der Waals surface area contributed by atoms with E-state index >= 15 is 0 Å². The standard InChI is InChI=1S/C10H19N/c1-4-11-7-5-6-10(8-11)9(2)3/h6,9H,4-5,7-8H2,1-3H3. The fourth-order valence-corrected chi connectivity index (χ4v) is 1.52. The third kappa shape index (κ3) is 2.33. The third-order valence-electron chi connectivity index (χ3n) is 2.45. The Hall–Kier alpha value is -0.300. The quantitative estimate of drug-likeness (QED) is 0.550. The van der Waals surface area contributed by atoms with Gasteiger partial charge >= 0.3 is 0 Å². The SMILES string of the molecule is CCN1CCC=C(C(C)C)C1. The maximum atomic E-state index is 2.51. The second kappa shape index (κ2) is 3.91. The molecule has 0 unspecified atom stereocenters. The molecule has 11 heavy (non-hydrogen) atoms. The minimum atomic E-state index is 0.740. The summed E-state index contributed by atoms with van der Waals surface area (Å²) in [5.74, 6) is 0.740. The molecule has 0 spiro atoms. The van der Waals surface area contributed by atoms with Crippen LogP contribution in [0.25, 0.3) is 0 Å². The van der Waals surface area contributed by atoms with Crippen molar-refractivity contribution >= 4 is 0 Å². The first kappa shape index (κ1) is 8.79. The van der Waals surface area contributed by atoms with Gasteiger partial charge in [-0.2, -0.15) is 0 Å². The zero-order valence-corrected chi connectivity index (χ0v) is 7.93. The van der Waals surface area contributed by atoms with Gasteiger partial charge in [0.25, 0.3) is 0 Å². The van der Waals surface area contributed by atoms with E-state index in [9.17, 15) is 0 Å². The Morgan fingerprint density at radius 3 is 2.82 bits per heavy atom. The molecule has 0 saturated heterocycles. The normalized spacial score (nSPS) is 20.5. The maximum absolute atomic E-state index is 2.51. The molecule has 1 nitrogen and oxygen atoms in total. The number of rotatable bonds is 2. The molecule has 64 valence electrons. The second-order valence-electron chi connectivity index (χ2n) is 3.59. The summed E-state index contributed by atoms with van der Waals surface area (Å²) < 4.78 is 0. The van der Waals surface area contributed by atoms with Gasteiger partial charge in [-0.05, 0) is 18.9 Å². The molecular formula is C10H19N. The van der Waals surface area contributed by atoms with Gasteiger partial charge in [0.2, 0.25) is 0 Å². The Kier molecular flexibility index (Phi) is 3.13. The fourth-order valence-electron chi connectivity index (χ4n) is 1.52. The molecule has 0 N–H and O–H groups in total. The van der Waals surface area contributed by atoms with Crippen LogP contribution in [-0.2, 0) is 0 Å². The van der Waals surface area contributed by atoms with E-state index in [2.05, 4.69) is 31.7 Å². The van der Waals surface area contributed by atoms with Gasteiger partial charge in [-0.1, -0.05) is 32.4 Å². The van der Waals surface area contributed by atoms with Crippen molar-refractivity contribution < 1.29 is 0 Å². The van der Waals surface area contributed by atoms with E-state index < -0.39 is 0 Å². The lowest BCUT2D eigenvalue weighted by atomic mass is 9.99. The highest BCUT2D eigenvalue weighted by Crippen LogP contribution is 2.16. The third-order valence-corrected chi connectivity index (χ3v) is 2.45. The minimum Gasteiger partial charge on any atom is -0.299 e. The van der Waals surface area contributed by atoms with E-state index in [-0.39, 0.29) is 0 Å². The first-order valence-electron chi connectivity index (χ1n) is 4.65. The molecule has 0 saturated carbocycles. The summed E-state index contributed by atoms with van der Waals surface area (Å²) in [6.45, 7) is 10.5. The summed E-state index contributed by atoms with van der Waals surface area (Å²) in [4.78, 5) is 2.51. The Morgan fingerprint density at radius 2 is 2.27 bits per heavy atom. The van der Waals surface area contributed by atoms with E-state index in [0.717, 1.165) is 5.92 Å². The number of likely N-dealkylation sites (N-methyl/N-ethyl adjacent to an activating group) is 1. The summed E-state index contributed by atoms with van der Waals surface area (Å²) in [7, 11) is 0. The molecule has 0 aliphatic carbocycles. The molecule has 1 heteroatoms. The first-order valence-corrected chi connectivity index (χ1v) is 4.65. The highest BCUT2D eigenvalue weighted by atomic mass is 15.1. The van der Waals surface area contributed by atoms with Crippen LogP contribution in [0, 0.1) is 5.92 Å². The number of hydrogen-bond acceptors (Lipinski definition) is 1. The van der Waals surface area contributed by atoms with Crippen molar-refractivity contribution in [3.05, 3.63) is 11.6 Å². The van der Waals surface area contributed by atoms with E-state index in [1.165, 1.54) is 26.1 Å². The molecule has 0 atom stereocenters. The van der Waals surface area contributed by atoms with Crippen LogP contribution >= 0.6 is 0 Å². The first-order chi connectivity index (χ1) is 5.24. The smallest absolute Gasteiger partial charge is 0.0195 e. The van der Waals surface area contributed by atoms with Gasteiger partial charge in [-0.15, -0.1) is 0 Å². The van der Waals surface area contributed by atoms with Crippen LogP contribution in [0.5, 0.6) is 0 Å². The van der Waals surface area contributed by atoms with Crippen molar-refractivity contribution in [1.29, 1.82) is 0 Å². The molecule has 0 fully saturated rings. The van der Waals surface area contributed by atoms with Gasteiger partial charge in [-0.25, -0.2) is 0 Å². The van der Waals surface area contributed by atoms with E-state index in [4.69, 9.17) is 0 Å². The molecule has 0 radical (unpaired) electrons. The van der Waals surface area contributed by atoms with Crippen LogP contribution in [0.2, 0.25) is 0 Å². The summed E-state index contributed by atoms with van der Waals surface area (Å²) in [5, 5.41) is 0. The maximum Gasteiger partial charge on any atom is 0.0195 e. The lowest BCUT2D eigenvalue weighted by Gasteiger charge is -2.27. The van der Waals surface area contributed by atoms with Gasteiger partial charge in [0, 0.05) is 13.1 Å². The topological polar surface area (TPSA) is 3.24 Å². The summed E-state index contributed by atoms with van der Waals surface area (Å²) in [5.41, 5.74) is 1.62. The highest BCUT2D eigenvalue weighted by Gasteiger charge is 2.12. The van der Waals surface area contributed by atoms with Crippen LogP contribution in [0.15, 0.2) is 11.6 Å². The predicted octanol–water partition coefficient (Wildman–Crippen LogP) is 2.29. The largest absolute Gasteiger partial charge is 0.299 e. The second-order valence-corrected chi connectivity index (χ2v) is 3.59. The van der Waals surface area contributed by atoms with Crippen molar-refractivity contribution in [3.8, 4) is 0 Å². The Balaban J connectivity index is 2.48. The van der Waals surface area contributed by atoms with Gasteiger partial charge in [0.15, 0.2) is 0 Å². The molecule has 0 amide bonds. The highest BCUT2D eigenvalue weighted by molar-refractivity contribution is 5.10. The van der Waals surface area contributed by atoms with Crippen LogP contribution < -0.4 is 0 Å². The van der Waals surface area contributed by atoms with E-state index in [0.29, 0.717) is 0 Å². The van der Waals surface area contributed by atoms with E-state index in [1.807, 2.05) is 0 Å². The molecule has 0 aromatic heterocycles. The average Bonchev–Trinajstić information content (AvgIpc) is 2.05. The van der Waals surface area contributed by atoms with Crippen LogP contribution in [0.3, 0.4) is 0 Å². The van der Waals surface area contributed by atoms with Crippen molar-refractivity contribution in [2.45, 2.75) is 27.2 Å². The molecule has 1 aliphatic heterocycles. The summed E-state index contributed by atoms with van der Waals surface area (Å²) >= 11 is 0. The molecule has 1 aliphatic rings. The van der Waals surface area contributed by atoms with Crippen molar-refractivity contribution in [3.63, 3.8) is 0 Å². The van der Waals surface area contributed by atoms with Crippen molar-refractivity contribution in [1.82, 2.24) is 4.90 Å². The summed E-state index contributed by atoms with van der Waals surface area (Å²) in [6, 6.07) is 0. The van der Waals surface area contributed by atoms with Gasteiger partial charge in [0.05, 0.1) is 0 Å². The average molecular weight is 153 g/mol. The molecule has 0 aromatic carbocycles. The Morgan fingerprint density at radius 1 is 1.55 bits per heavy atom. The molecule has 1 rings (SSSR count). The number of hydrogen-bond donors (Lipinski definition) is 0. The monoisotopic (exact) mass is 153 g/mol. The number of nitrogens with zero attached hydrogens (tertiary/aromatic N) is 1. The minimum absolute atomic E-state index is 0.740. The Bertz CT molecular complexity index is 147. The van der Waals surface area contributed by atoms with Gasteiger partial charge in [-0.3, -0.25) is 4.90 Å². The molecule has 0 bridgehead atoms. The van der Waals surface area contributed by atoms with Gasteiger partial charge in [0.1, 0.15) is 0 Å². The zero-order chi connectivity index (χ0) is 8.27. The van der Waals surface area contributed by atoms with E-state index in [1.54, 1.807) is 5.57 Å². The van der Waals surface area contributed by atoms with Crippen LogP contribution in [-0.4, -0.2) is 24.5 Å². The molecule has 1 heterocycles. The van der Waals surface area contributed by atoms with Crippen molar-refractivity contribution in [2.75, 3.05) is 19.6 Å². The predicted molar refractivity (Wildman–Crippen MR) is 49.7 cm³/mol. The molecule has 0 aromatic rings. The summed E-state index contributed by atoms with van der Waals surface area (Å²) in [6.07, 6.45) is 3.66. The lowest BCUT2D eigenvalue weighted by molar-refractivity contribution is 0.296. The van der Waals surface area contributed by atoms with Gasteiger partial charge < -0.3 is 0 Å². The fraction of sp³-hybridized carbons (Fsp3) is 0.800. The molecular weight excluding hydrogens is 134 g/mol. The zero-order valence-electron chi connectivity index (χ0n) is 7.93.